The van der Waals surface area contributed by atoms with Crippen LogP contribution in [0.15, 0.2) is 24.3 Å². The van der Waals surface area contributed by atoms with Crippen LogP contribution in [0.1, 0.15) is 13.3 Å². The van der Waals surface area contributed by atoms with Crippen molar-refractivity contribution in [1.82, 2.24) is 5.32 Å². The number of hydrogen-bond donors (Lipinski definition) is 2. The number of amides is 1. The molecule has 5 nitrogen and oxygen atoms in total. The highest BCUT2D eigenvalue weighted by atomic mass is 32.2. The Morgan fingerprint density at radius 2 is 1.90 bits per heavy atom. The Labute approximate surface area is 132 Å². The first-order valence-corrected chi connectivity index (χ1v) is 8.82. The fourth-order valence-electron chi connectivity index (χ4n) is 1.83. The van der Waals surface area contributed by atoms with Crippen molar-refractivity contribution in [3.8, 4) is 0 Å². The summed E-state index contributed by atoms with van der Waals surface area (Å²) in [5.74, 6) is -0.499. The number of rotatable bonds is 8. The van der Waals surface area contributed by atoms with E-state index in [1.165, 1.54) is 18.7 Å². The Morgan fingerprint density at radius 1 is 1.29 bits per heavy atom. The summed E-state index contributed by atoms with van der Waals surface area (Å²) >= 11 is 2.58. The number of allylic oxidation sites excluding steroid dienone is 2. The number of nitrogens with one attached hydrogen (secondary N) is 1. The Kier molecular flexibility index (Phi) is 7.04. The van der Waals surface area contributed by atoms with Crippen LogP contribution in [0.2, 0.25) is 0 Å². The maximum absolute atomic E-state index is 12.4. The van der Waals surface area contributed by atoms with Gasteiger partial charge in [-0.2, -0.15) is 11.8 Å². The summed E-state index contributed by atoms with van der Waals surface area (Å²) in [4.78, 5) is 34.8. The van der Waals surface area contributed by atoms with Crippen molar-refractivity contribution in [2.45, 2.75) is 19.4 Å². The third-order valence-electron chi connectivity index (χ3n) is 3.05. The Hall–Kier alpha value is -1.21. The van der Waals surface area contributed by atoms with Gasteiger partial charge in [0.15, 0.2) is 5.12 Å². The molecule has 1 aliphatic rings. The molecular formula is C14H19NO4S2. The summed E-state index contributed by atoms with van der Waals surface area (Å²) in [7, 11) is 0. The minimum absolute atomic E-state index is 0.0759. The van der Waals surface area contributed by atoms with Crippen molar-refractivity contribution in [3.05, 3.63) is 24.3 Å². The zero-order chi connectivity index (χ0) is 15.9. The molecule has 1 rings (SSSR count). The quantitative estimate of drug-likeness (QED) is 0.705. The fourth-order valence-corrected chi connectivity index (χ4v) is 3.07. The van der Waals surface area contributed by atoms with Gasteiger partial charge < -0.3 is 10.4 Å². The SMILES string of the molecule is CSCCC(NC(=O)C1(CSC(C)=O)C=CC=C1)C(=O)O. The van der Waals surface area contributed by atoms with E-state index in [9.17, 15) is 19.5 Å². The van der Waals surface area contributed by atoms with E-state index in [1.54, 1.807) is 24.3 Å². The molecule has 0 spiro atoms. The molecule has 0 fully saturated rings. The van der Waals surface area contributed by atoms with Crippen LogP contribution in [-0.2, 0) is 14.4 Å². The molecule has 0 radical (unpaired) electrons. The molecule has 1 atom stereocenters. The zero-order valence-corrected chi connectivity index (χ0v) is 13.6. The van der Waals surface area contributed by atoms with Crippen LogP contribution < -0.4 is 5.32 Å². The first-order chi connectivity index (χ1) is 9.91. The second-order valence-electron chi connectivity index (χ2n) is 4.68. The summed E-state index contributed by atoms with van der Waals surface area (Å²) in [5.41, 5.74) is -0.941. The van der Waals surface area contributed by atoms with Crippen LogP contribution in [0.5, 0.6) is 0 Å². The molecule has 0 saturated heterocycles. The molecule has 21 heavy (non-hydrogen) atoms. The Morgan fingerprint density at radius 3 is 2.38 bits per heavy atom. The van der Waals surface area contributed by atoms with Gasteiger partial charge in [0.05, 0.1) is 5.41 Å². The van der Waals surface area contributed by atoms with Crippen LogP contribution >= 0.6 is 23.5 Å². The number of carboxylic acid groups (broad SMARTS) is 1. The van der Waals surface area contributed by atoms with Crippen molar-refractivity contribution >= 4 is 40.5 Å². The van der Waals surface area contributed by atoms with Crippen molar-refractivity contribution in [2.75, 3.05) is 17.8 Å². The van der Waals surface area contributed by atoms with Gasteiger partial charge >= 0.3 is 5.97 Å². The largest absolute Gasteiger partial charge is 0.480 e. The van der Waals surface area contributed by atoms with Gasteiger partial charge in [-0.1, -0.05) is 36.1 Å². The van der Waals surface area contributed by atoms with Crippen molar-refractivity contribution in [1.29, 1.82) is 0 Å². The third-order valence-corrected chi connectivity index (χ3v) is 4.72. The number of carboxylic acids is 1. The lowest BCUT2D eigenvalue weighted by molar-refractivity contribution is -0.142. The average molecular weight is 329 g/mol. The summed E-state index contributed by atoms with van der Waals surface area (Å²) in [6.07, 6.45) is 9.12. The average Bonchev–Trinajstić information content (AvgIpc) is 2.90. The lowest BCUT2D eigenvalue weighted by Gasteiger charge is -2.25. The minimum Gasteiger partial charge on any atom is -0.480 e. The number of aliphatic carboxylic acids is 1. The lowest BCUT2D eigenvalue weighted by Crippen LogP contribution is -2.48. The lowest BCUT2D eigenvalue weighted by atomic mass is 9.91. The number of thioether (sulfide) groups is 2. The van der Waals surface area contributed by atoms with Crippen LogP contribution in [0.25, 0.3) is 0 Å². The van der Waals surface area contributed by atoms with E-state index in [0.717, 1.165) is 11.8 Å². The maximum atomic E-state index is 12.4. The van der Waals surface area contributed by atoms with E-state index in [0.29, 0.717) is 12.2 Å². The Bertz CT molecular complexity index is 462. The van der Waals surface area contributed by atoms with Gasteiger partial charge in [-0.25, -0.2) is 4.79 Å². The van der Waals surface area contributed by atoms with E-state index in [-0.39, 0.29) is 16.8 Å². The van der Waals surface area contributed by atoms with Gasteiger partial charge in [0.2, 0.25) is 5.91 Å². The Balaban J connectivity index is 2.76. The maximum Gasteiger partial charge on any atom is 0.326 e. The van der Waals surface area contributed by atoms with E-state index in [2.05, 4.69) is 5.32 Å². The van der Waals surface area contributed by atoms with Gasteiger partial charge in [-0.3, -0.25) is 9.59 Å². The molecule has 0 saturated carbocycles. The molecule has 7 heteroatoms. The standard InChI is InChI=1S/C14H19NO4S2/c1-10(16)21-9-14(6-3-4-7-14)13(19)15-11(12(17)18)5-8-20-2/h3-4,6-7,11H,5,8-9H2,1-2H3,(H,15,19)(H,17,18). The van der Waals surface area contributed by atoms with Crippen molar-refractivity contribution < 1.29 is 19.5 Å². The van der Waals surface area contributed by atoms with Crippen LogP contribution in [0.4, 0.5) is 0 Å². The molecule has 0 aromatic rings. The molecule has 0 heterocycles. The summed E-state index contributed by atoms with van der Waals surface area (Å²) < 4.78 is 0. The third kappa shape index (κ3) is 5.24. The second-order valence-corrected chi connectivity index (χ2v) is 6.82. The fraction of sp³-hybridized carbons (Fsp3) is 0.500. The van der Waals surface area contributed by atoms with E-state index >= 15 is 0 Å². The van der Waals surface area contributed by atoms with Crippen molar-refractivity contribution in [2.24, 2.45) is 5.41 Å². The van der Waals surface area contributed by atoms with Gasteiger partial charge in [0, 0.05) is 12.7 Å². The molecule has 0 aliphatic heterocycles. The molecule has 1 aliphatic carbocycles. The second kappa shape index (κ2) is 8.29. The van der Waals surface area contributed by atoms with Crippen LogP contribution in [0.3, 0.4) is 0 Å². The molecule has 2 N–H and O–H groups in total. The van der Waals surface area contributed by atoms with Gasteiger partial charge in [-0.15, -0.1) is 0 Å². The predicted molar refractivity (Wildman–Crippen MR) is 86.4 cm³/mol. The topological polar surface area (TPSA) is 83.5 Å². The first-order valence-electron chi connectivity index (χ1n) is 6.44. The molecule has 0 aromatic heterocycles. The van der Waals surface area contributed by atoms with E-state index in [4.69, 9.17) is 0 Å². The molecule has 116 valence electrons. The van der Waals surface area contributed by atoms with E-state index < -0.39 is 17.4 Å². The molecule has 0 aromatic carbocycles. The van der Waals surface area contributed by atoms with Gasteiger partial charge in [-0.05, 0) is 18.4 Å². The zero-order valence-electron chi connectivity index (χ0n) is 12.0. The molecule has 0 bridgehead atoms. The normalized spacial score (nSPS) is 16.7. The van der Waals surface area contributed by atoms with Crippen LogP contribution in [-0.4, -0.2) is 45.9 Å². The summed E-state index contributed by atoms with van der Waals surface area (Å²) in [6, 6.07) is -0.911. The molecule has 1 amide bonds. The molecular weight excluding hydrogens is 310 g/mol. The molecule has 1 unspecified atom stereocenters. The minimum atomic E-state index is -1.04. The van der Waals surface area contributed by atoms with Gasteiger partial charge in [0.25, 0.3) is 0 Å². The first kappa shape index (κ1) is 17.8. The van der Waals surface area contributed by atoms with Gasteiger partial charge in [0.1, 0.15) is 6.04 Å². The highest BCUT2D eigenvalue weighted by molar-refractivity contribution is 8.13. The highest BCUT2D eigenvalue weighted by Gasteiger charge is 2.37. The van der Waals surface area contributed by atoms with Crippen LogP contribution in [0, 0.1) is 5.41 Å². The highest BCUT2D eigenvalue weighted by Crippen LogP contribution is 2.31. The van der Waals surface area contributed by atoms with Crippen molar-refractivity contribution in [3.63, 3.8) is 0 Å². The summed E-state index contributed by atoms with van der Waals surface area (Å²) in [6.45, 7) is 1.44. The smallest absolute Gasteiger partial charge is 0.326 e. The summed E-state index contributed by atoms with van der Waals surface area (Å²) in [5, 5.41) is 11.7. The van der Waals surface area contributed by atoms with E-state index in [1.807, 2.05) is 6.26 Å². The number of hydrogen-bond acceptors (Lipinski definition) is 5. The monoisotopic (exact) mass is 329 g/mol. The number of carbonyl (C=O) groups is 3. The number of carbonyl (C=O) groups excluding carboxylic acids is 2. The predicted octanol–water partition coefficient (Wildman–Crippen LogP) is 1.70.